The van der Waals surface area contributed by atoms with E-state index in [0.29, 0.717) is 11.3 Å². The highest BCUT2D eigenvalue weighted by Gasteiger charge is 2.34. The zero-order chi connectivity index (χ0) is 16.1. The molecule has 2 aromatic carbocycles. The number of fused-ring (bicyclic) bond motifs is 3. The van der Waals surface area contributed by atoms with Crippen LogP contribution in [0.25, 0.3) is 11.1 Å². The zero-order valence-corrected chi connectivity index (χ0v) is 13.1. The van der Waals surface area contributed by atoms with Crippen molar-refractivity contribution in [2.24, 2.45) is 0 Å². The van der Waals surface area contributed by atoms with Gasteiger partial charge in [-0.25, -0.2) is 0 Å². The summed E-state index contributed by atoms with van der Waals surface area (Å²) in [5, 5.41) is 10.0. The van der Waals surface area contributed by atoms with Gasteiger partial charge in [-0.15, -0.1) is 0 Å². The number of ketones is 1. The lowest BCUT2D eigenvalue weighted by Crippen LogP contribution is -2.29. The van der Waals surface area contributed by atoms with Gasteiger partial charge in [0.1, 0.15) is 22.8 Å². The molecule has 22 heavy (non-hydrogen) atoms. The Bertz CT molecular complexity index is 775. The van der Waals surface area contributed by atoms with Gasteiger partial charge in [-0.2, -0.15) is 0 Å². The van der Waals surface area contributed by atoms with Crippen LogP contribution < -0.4 is 9.47 Å². The Kier molecular flexibility index (Phi) is 3.13. The van der Waals surface area contributed by atoms with Crippen LogP contribution in [0.2, 0.25) is 0 Å². The molecule has 0 aliphatic carbocycles. The molecule has 0 atom stereocenters. The van der Waals surface area contributed by atoms with E-state index in [0.717, 1.165) is 22.4 Å². The SMILES string of the molecule is COc1ccc2c(c1)C(C)(C)Oc1cc(O)c(C(C)=O)cc1-2. The van der Waals surface area contributed by atoms with E-state index in [9.17, 15) is 9.90 Å². The predicted octanol–water partition coefficient (Wildman–Crippen LogP) is 3.90. The number of methoxy groups -OCH3 is 1. The van der Waals surface area contributed by atoms with Crippen LogP contribution in [0.15, 0.2) is 30.3 Å². The third-order valence-electron chi connectivity index (χ3n) is 4.01. The van der Waals surface area contributed by atoms with Gasteiger partial charge < -0.3 is 14.6 Å². The Morgan fingerprint density at radius 2 is 1.91 bits per heavy atom. The minimum absolute atomic E-state index is 0.0565. The van der Waals surface area contributed by atoms with E-state index in [1.54, 1.807) is 13.2 Å². The third-order valence-corrected chi connectivity index (χ3v) is 4.01. The molecule has 4 heteroatoms. The summed E-state index contributed by atoms with van der Waals surface area (Å²) in [6, 6.07) is 8.98. The minimum atomic E-state index is -0.555. The van der Waals surface area contributed by atoms with Gasteiger partial charge in [0, 0.05) is 17.2 Å². The van der Waals surface area contributed by atoms with Crippen molar-refractivity contribution in [1.29, 1.82) is 0 Å². The summed E-state index contributed by atoms with van der Waals surface area (Å²) in [5.41, 5.74) is 2.51. The molecule has 0 saturated carbocycles. The topological polar surface area (TPSA) is 55.8 Å². The summed E-state index contributed by atoms with van der Waals surface area (Å²) in [7, 11) is 1.62. The standard InChI is InChI=1S/C18H18O4/c1-10(19)13-8-14-12-6-5-11(21-4)7-15(12)18(2,3)22-17(14)9-16(13)20/h5-9,20H,1-4H3. The molecule has 4 nitrogen and oxygen atoms in total. The third kappa shape index (κ3) is 2.11. The second-order valence-electron chi connectivity index (χ2n) is 5.95. The van der Waals surface area contributed by atoms with Crippen molar-refractivity contribution in [3.8, 4) is 28.4 Å². The van der Waals surface area contributed by atoms with Gasteiger partial charge in [-0.3, -0.25) is 4.79 Å². The van der Waals surface area contributed by atoms with Crippen molar-refractivity contribution in [3.05, 3.63) is 41.5 Å². The predicted molar refractivity (Wildman–Crippen MR) is 83.8 cm³/mol. The summed E-state index contributed by atoms with van der Waals surface area (Å²) in [4.78, 5) is 11.7. The molecule has 1 N–H and O–H groups in total. The van der Waals surface area contributed by atoms with E-state index in [-0.39, 0.29) is 11.5 Å². The van der Waals surface area contributed by atoms with Gasteiger partial charge in [0.2, 0.25) is 0 Å². The quantitative estimate of drug-likeness (QED) is 0.854. The smallest absolute Gasteiger partial charge is 0.163 e. The van der Waals surface area contributed by atoms with Gasteiger partial charge in [0.25, 0.3) is 0 Å². The molecule has 0 amide bonds. The maximum Gasteiger partial charge on any atom is 0.163 e. The fourth-order valence-electron chi connectivity index (χ4n) is 2.86. The highest BCUT2D eigenvalue weighted by molar-refractivity contribution is 5.99. The van der Waals surface area contributed by atoms with E-state index < -0.39 is 5.60 Å². The molecule has 0 aromatic heterocycles. The summed E-state index contributed by atoms with van der Waals surface area (Å²) < 4.78 is 11.3. The number of carbonyl (C=O) groups is 1. The Morgan fingerprint density at radius 3 is 2.55 bits per heavy atom. The molecule has 0 unspecified atom stereocenters. The van der Waals surface area contributed by atoms with Gasteiger partial charge in [0.15, 0.2) is 5.78 Å². The first kappa shape index (κ1) is 14.4. The fraction of sp³-hybridized carbons (Fsp3) is 0.278. The Labute approximate surface area is 129 Å². The molecule has 0 bridgehead atoms. The summed E-state index contributed by atoms with van der Waals surface area (Å²) in [6.07, 6.45) is 0. The fourth-order valence-corrected chi connectivity index (χ4v) is 2.86. The van der Waals surface area contributed by atoms with Gasteiger partial charge in [0.05, 0.1) is 12.7 Å². The van der Waals surface area contributed by atoms with E-state index in [2.05, 4.69) is 0 Å². The van der Waals surface area contributed by atoms with Crippen LogP contribution in [-0.4, -0.2) is 18.0 Å². The van der Waals surface area contributed by atoms with Crippen LogP contribution in [0.5, 0.6) is 17.2 Å². The Morgan fingerprint density at radius 1 is 1.18 bits per heavy atom. The number of benzene rings is 2. The molecule has 0 saturated heterocycles. The normalized spacial score (nSPS) is 14.5. The van der Waals surface area contributed by atoms with Crippen molar-refractivity contribution >= 4 is 5.78 Å². The monoisotopic (exact) mass is 298 g/mol. The second kappa shape index (κ2) is 4.77. The number of aromatic hydroxyl groups is 1. The van der Waals surface area contributed by atoms with Gasteiger partial charge in [-0.05, 0) is 44.5 Å². The number of ether oxygens (including phenoxy) is 2. The molecular weight excluding hydrogens is 280 g/mol. The highest BCUT2D eigenvalue weighted by Crippen LogP contribution is 2.48. The number of phenolic OH excluding ortho intramolecular Hbond substituents is 1. The molecule has 1 aliphatic heterocycles. The van der Waals surface area contributed by atoms with Crippen molar-refractivity contribution in [2.45, 2.75) is 26.4 Å². The highest BCUT2D eigenvalue weighted by atomic mass is 16.5. The van der Waals surface area contributed by atoms with Crippen molar-refractivity contribution < 1.29 is 19.4 Å². The van der Waals surface area contributed by atoms with E-state index in [1.807, 2.05) is 32.0 Å². The van der Waals surface area contributed by atoms with Crippen LogP contribution in [0, 0.1) is 0 Å². The van der Waals surface area contributed by atoms with E-state index >= 15 is 0 Å². The average Bonchev–Trinajstić information content (AvgIpc) is 2.45. The second-order valence-corrected chi connectivity index (χ2v) is 5.95. The first-order valence-corrected chi connectivity index (χ1v) is 7.09. The number of Topliss-reactive ketones (excluding diaryl/α,β-unsaturated/α-hetero) is 1. The molecule has 114 valence electrons. The van der Waals surface area contributed by atoms with Crippen molar-refractivity contribution in [3.63, 3.8) is 0 Å². The molecule has 1 heterocycles. The Balaban J connectivity index is 2.29. The van der Waals surface area contributed by atoms with Crippen LogP contribution >= 0.6 is 0 Å². The number of carbonyl (C=O) groups excluding carboxylic acids is 1. The summed E-state index contributed by atoms with van der Waals surface area (Å²) in [6.45, 7) is 5.36. The number of rotatable bonds is 2. The molecule has 0 spiro atoms. The molecule has 1 aliphatic rings. The lowest BCUT2D eigenvalue weighted by Gasteiger charge is -2.35. The Hall–Kier alpha value is -2.49. The lowest BCUT2D eigenvalue weighted by molar-refractivity contribution is 0.101. The number of hydrogen-bond acceptors (Lipinski definition) is 4. The molecule has 0 radical (unpaired) electrons. The first-order chi connectivity index (χ1) is 10.3. The minimum Gasteiger partial charge on any atom is -0.507 e. The zero-order valence-electron chi connectivity index (χ0n) is 13.1. The molecule has 2 aromatic rings. The van der Waals surface area contributed by atoms with E-state index in [1.165, 1.54) is 13.0 Å². The summed E-state index contributed by atoms with van der Waals surface area (Å²) >= 11 is 0. The van der Waals surface area contributed by atoms with Crippen molar-refractivity contribution in [2.75, 3.05) is 7.11 Å². The maximum atomic E-state index is 11.7. The first-order valence-electron chi connectivity index (χ1n) is 7.09. The lowest BCUT2D eigenvalue weighted by atomic mass is 9.85. The van der Waals surface area contributed by atoms with Crippen LogP contribution in [0.4, 0.5) is 0 Å². The number of hydrogen-bond donors (Lipinski definition) is 1. The van der Waals surface area contributed by atoms with Crippen LogP contribution in [0.3, 0.4) is 0 Å². The largest absolute Gasteiger partial charge is 0.507 e. The number of phenols is 1. The molecule has 0 fully saturated rings. The average molecular weight is 298 g/mol. The van der Waals surface area contributed by atoms with E-state index in [4.69, 9.17) is 9.47 Å². The van der Waals surface area contributed by atoms with Crippen LogP contribution in [0.1, 0.15) is 36.7 Å². The maximum absolute atomic E-state index is 11.7. The van der Waals surface area contributed by atoms with Crippen molar-refractivity contribution in [1.82, 2.24) is 0 Å². The summed E-state index contributed by atoms with van der Waals surface area (Å²) in [5.74, 6) is 1.09. The molecular formula is C18H18O4. The van der Waals surface area contributed by atoms with Gasteiger partial charge in [-0.1, -0.05) is 6.07 Å². The van der Waals surface area contributed by atoms with Gasteiger partial charge >= 0.3 is 0 Å². The van der Waals surface area contributed by atoms with Crippen LogP contribution in [-0.2, 0) is 5.60 Å². The molecule has 3 rings (SSSR count).